The molecule has 3 aromatic rings. The number of thioether (sulfide) groups is 1. The molecule has 10 heteroatoms. The number of nitrogens with one attached hydrogen (secondary N) is 1. The summed E-state index contributed by atoms with van der Waals surface area (Å²) in [4.78, 5) is 11.9. The smallest absolute Gasteiger partial charge is 0.243 e. The minimum atomic E-state index is -0.107. The predicted molar refractivity (Wildman–Crippen MR) is 91.0 cm³/mol. The first kappa shape index (κ1) is 17.1. The van der Waals surface area contributed by atoms with Crippen molar-refractivity contribution in [3.8, 4) is 17.3 Å². The van der Waals surface area contributed by atoms with Crippen LogP contribution >= 0.6 is 11.8 Å². The van der Waals surface area contributed by atoms with E-state index in [1.807, 2.05) is 23.9 Å². The van der Waals surface area contributed by atoms with Crippen molar-refractivity contribution in [2.24, 2.45) is 14.1 Å². The Morgan fingerprint density at radius 2 is 2.24 bits per heavy atom. The Kier molecular flexibility index (Phi) is 5.08. The monoisotopic (exact) mass is 362 g/mol. The van der Waals surface area contributed by atoms with Gasteiger partial charge in [-0.15, -0.1) is 15.3 Å². The lowest BCUT2D eigenvalue weighted by Gasteiger charge is -2.04. The summed E-state index contributed by atoms with van der Waals surface area (Å²) in [6.45, 7) is 0.364. The number of amides is 1. The van der Waals surface area contributed by atoms with Crippen molar-refractivity contribution in [1.82, 2.24) is 29.9 Å². The molecule has 0 spiro atoms. The molecule has 1 N–H and O–H groups in total. The van der Waals surface area contributed by atoms with Crippen molar-refractivity contribution in [2.75, 3.05) is 12.9 Å². The third-order valence-corrected chi connectivity index (χ3v) is 4.46. The number of ether oxygens (including phenoxy) is 1. The molecular formula is C15H18N6O3S. The van der Waals surface area contributed by atoms with E-state index in [1.165, 1.54) is 11.8 Å². The van der Waals surface area contributed by atoms with Gasteiger partial charge < -0.3 is 19.0 Å². The molecule has 0 aliphatic carbocycles. The molecule has 0 saturated heterocycles. The van der Waals surface area contributed by atoms with Crippen LogP contribution in [0.5, 0.6) is 5.88 Å². The second-order valence-corrected chi connectivity index (χ2v) is 6.18. The van der Waals surface area contributed by atoms with E-state index < -0.39 is 0 Å². The van der Waals surface area contributed by atoms with Gasteiger partial charge in [-0.25, -0.2) is 0 Å². The normalized spacial score (nSPS) is 10.8. The van der Waals surface area contributed by atoms with Gasteiger partial charge in [-0.3, -0.25) is 9.48 Å². The molecule has 9 nitrogen and oxygen atoms in total. The van der Waals surface area contributed by atoms with E-state index in [4.69, 9.17) is 9.15 Å². The third-order valence-electron chi connectivity index (χ3n) is 3.44. The number of hydrogen-bond donors (Lipinski definition) is 1. The lowest BCUT2D eigenvalue weighted by Crippen LogP contribution is -2.24. The number of hydrogen-bond acceptors (Lipinski definition) is 7. The quantitative estimate of drug-likeness (QED) is 0.631. The second kappa shape index (κ2) is 7.43. The summed E-state index contributed by atoms with van der Waals surface area (Å²) in [5.74, 6) is 1.94. The fraction of sp³-hybridized carbons (Fsp3) is 0.333. The Morgan fingerprint density at radius 3 is 2.96 bits per heavy atom. The van der Waals surface area contributed by atoms with Crippen LogP contribution in [0.4, 0.5) is 0 Å². The molecule has 0 fully saturated rings. The van der Waals surface area contributed by atoms with Crippen LogP contribution in [0.1, 0.15) is 5.76 Å². The number of furan rings is 1. The highest BCUT2D eigenvalue weighted by atomic mass is 32.2. The van der Waals surface area contributed by atoms with Gasteiger partial charge in [0.25, 0.3) is 0 Å². The summed E-state index contributed by atoms with van der Waals surface area (Å²) in [5, 5.41) is 16.0. The topological polar surface area (TPSA) is 100 Å². The van der Waals surface area contributed by atoms with Crippen LogP contribution in [0.3, 0.4) is 0 Å². The van der Waals surface area contributed by atoms with E-state index >= 15 is 0 Å². The molecule has 0 radical (unpaired) electrons. The van der Waals surface area contributed by atoms with Crippen LogP contribution in [0, 0.1) is 0 Å². The largest absolute Gasteiger partial charge is 0.479 e. The standard InChI is InChI=1S/C15H18N6O3S/c1-20-8-11(14(19-20)23-3)13-17-18-15(21(13)2)25-9-12(22)16-7-10-5-4-6-24-10/h4-6,8H,7,9H2,1-3H3,(H,16,22). The maximum Gasteiger partial charge on any atom is 0.243 e. The molecule has 132 valence electrons. The van der Waals surface area contributed by atoms with Crippen molar-refractivity contribution in [2.45, 2.75) is 11.7 Å². The number of carbonyl (C=O) groups is 1. The lowest BCUT2D eigenvalue weighted by molar-refractivity contribution is -0.118. The van der Waals surface area contributed by atoms with Crippen LogP contribution in [-0.2, 0) is 25.4 Å². The van der Waals surface area contributed by atoms with Crippen LogP contribution in [0.25, 0.3) is 11.4 Å². The Labute approximate surface area is 148 Å². The molecule has 0 atom stereocenters. The maximum atomic E-state index is 11.9. The average Bonchev–Trinajstić information content (AvgIpc) is 3.31. The van der Waals surface area contributed by atoms with E-state index in [2.05, 4.69) is 20.6 Å². The van der Waals surface area contributed by atoms with E-state index in [1.54, 1.807) is 31.2 Å². The summed E-state index contributed by atoms with van der Waals surface area (Å²) < 4.78 is 13.9. The molecule has 3 rings (SSSR count). The Morgan fingerprint density at radius 1 is 1.40 bits per heavy atom. The van der Waals surface area contributed by atoms with Gasteiger partial charge in [-0.2, -0.15) is 0 Å². The zero-order chi connectivity index (χ0) is 17.8. The minimum absolute atomic E-state index is 0.107. The molecule has 0 aromatic carbocycles. The van der Waals surface area contributed by atoms with Gasteiger partial charge in [0, 0.05) is 20.3 Å². The zero-order valence-electron chi connectivity index (χ0n) is 14.1. The molecule has 0 unspecified atom stereocenters. The molecule has 0 aliphatic heterocycles. The molecule has 0 aliphatic rings. The molecule has 3 heterocycles. The van der Waals surface area contributed by atoms with Crippen molar-refractivity contribution < 1.29 is 13.9 Å². The van der Waals surface area contributed by atoms with Gasteiger partial charge in [-0.1, -0.05) is 11.8 Å². The van der Waals surface area contributed by atoms with Crippen molar-refractivity contribution >= 4 is 17.7 Å². The fourth-order valence-electron chi connectivity index (χ4n) is 2.23. The number of rotatable bonds is 7. The predicted octanol–water partition coefficient (Wildman–Crippen LogP) is 1.23. The van der Waals surface area contributed by atoms with Crippen molar-refractivity contribution in [3.05, 3.63) is 30.4 Å². The van der Waals surface area contributed by atoms with Crippen LogP contribution in [0.2, 0.25) is 0 Å². The van der Waals surface area contributed by atoms with E-state index in [0.29, 0.717) is 29.2 Å². The third kappa shape index (κ3) is 3.85. The van der Waals surface area contributed by atoms with Gasteiger partial charge >= 0.3 is 0 Å². The number of nitrogens with zero attached hydrogens (tertiary/aromatic N) is 5. The highest BCUT2D eigenvalue weighted by Crippen LogP contribution is 2.28. The Balaban J connectivity index is 1.62. The summed E-state index contributed by atoms with van der Waals surface area (Å²) in [7, 11) is 5.20. The Hall–Kier alpha value is -2.75. The molecule has 0 bridgehead atoms. The summed E-state index contributed by atoms with van der Waals surface area (Å²) in [6.07, 6.45) is 3.39. The molecule has 3 aromatic heterocycles. The molecule has 25 heavy (non-hydrogen) atoms. The van der Waals surface area contributed by atoms with Crippen LogP contribution in [-0.4, -0.2) is 43.3 Å². The molecule has 0 saturated carbocycles. The van der Waals surface area contributed by atoms with Crippen molar-refractivity contribution in [1.29, 1.82) is 0 Å². The van der Waals surface area contributed by atoms with Gasteiger partial charge in [-0.05, 0) is 12.1 Å². The number of aromatic nitrogens is 5. The van der Waals surface area contributed by atoms with Crippen LogP contribution in [0.15, 0.2) is 34.2 Å². The van der Waals surface area contributed by atoms with Gasteiger partial charge in [0.1, 0.15) is 11.3 Å². The number of carbonyl (C=O) groups excluding carboxylic acids is 1. The maximum absolute atomic E-state index is 11.9. The summed E-state index contributed by atoms with van der Waals surface area (Å²) in [5.41, 5.74) is 0.745. The molecular weight excluding hydrogens is 344 g/mol. The molecule has 1 amide bonds. The average molecular weight is 362 g/mol. The highest BCUT2D eigenvalue weighted by molar-refractivity contribution is 7.99. The number of methoxy groups -OCH3 is 1. The highest BCUT2D eigenvalue weighted by Gasteiger charge is 2.18. The lowest BCUT2D eigenvalue weighted by atomic mass is 10.3. The first-order valence-corrected chi connectivity index (χ1v) is 8.46. The van der Waals surface area contributed by atoms with E-state index in [0.717, 1.165) is 5.56 Å². The minimum Gasteiger partial charge on any atom is -0.479 e. The fourth-order valence-corrected chi connectivity index (χ4v) is 2.97. The second-order valence-electron chi connectivity index (χ2n) is 5.24. The van der Waals surface area contributed by atoms with Gasteiger partial charge in [0.2, 0.25) is 11.8 Å². The summed E-state index contributed by atoms with van der Waals surface area (Å²) >= 11 is 1.31. The van der Waals surface area contributed by atoms with E-state index in [-0.39, 0.29) is 11.7 Å². The van der Waals surface area contributed by atoms with Gasteiger partial charge in [0.15, 0.2) is 11.0 Å². The zero-order valence-corrected chi connectivity index (χ0v) is 14.9. The van der Waals surface area contributed by atoms with E-state index in [9.17, 15) is 4.79 Å². The van der Waals surface area contributed by atoms with Gasteiger partial charge in [0.05, 0.1) is 25.7 Å². The summed E-state index contributed by atoms with van der Waals surface area (Å²) in [6, 6.07) is 3.59. The van der Waals surface area contributed by atoms with Crippen molar-refractivity contribution in [3.63, 3.8) is 0 Å². The first-order chi connectivity index (χ1) is 12.1. The van der Waals surface area contributed by atoms with Crippen LogP contribution < -0.4 is 10.1 Å². The first-order valence-electron chi connectivity index (χ1n) is 7.47. The number of aryl methyl sites for hydroxylation is 1. The SMILES string of the molecule is COc1nn(C)cc1-c1nnc(SCC(=O)NCc2ccco2)n1C. The Bertz CT molecular complexity index is 855.